The molecule has 0 fully saturated rings. The van der Waals surface area contributed by atoms with Gasteiger partial charge in [-0.2, -0.15) is 20.3 Å². The molecule has 8 heteroatoms. The molecule has 1 atom stereocenters. The number of rotatable bonds is 5. The van der Waals surface area contributed by atoms with Gasteiger partial charge in [0.25, 0.3) is 5.91 Å². The van der Waals surface area contributed by atoms with E-state index in [0.29, 0.717) is 11.4 Å². The van der Waals surface area contributed by atoms with Crippen LogP contribution in [0, 0.1) is 0 Å². The summed E-state index contributed by atoms with van der Waals surface area (Å²) in [5.41, 5.74) is 2.27. The first-order valence-corrected chi connectivity index (χ1v) is 8.21. The van der Waals surface area contributed by atoms with Gasteiger partial charge in [-0.15, -0.1) is 0 Å². The molecule has 0 aliphatic carbocycles. The molecule has 0 bridgehead atoms. The maximum atomic E-state index is 12.8. The maximum Gasteiger partial charge on any atom is 1.00 e. The summed E-state index contributed by atoms with van der Waals surface area (Å²) in [6.45, 7) is 3.70. The summed E-state index contributed by atoms with van der Waals surface area (Å²) in [6, 6.07) is 12.7. The van der Waals surface area contributed by atoms with Crippen LogP contribution < -0.4 is 39.7 Å². The van der Waals surface area contributed by atoms with E-state index in [2.05, 4.69) is 15.3 Å². The third kappa shape index (κ3) is 4.32. The molecule has 3 rings (SSSR count). The second kappa shape index (κ2) is 9.03. The van der Waals surface area contributed by atoms with Gasteiger partial charge in [0.2, 0.25) is 0 Å². The molecule has 2 aromatic carbocycles. The number of carboxylic acid groups (broad SMARTS) is 1. The Morgan fingerprint density at radius 2 is 1.85 bits per heavy atom. The third-order valence-corrected chi connectivity index (χ3v) is 4.10. The van der Waals surface area contributed by atoms with Crippen LogP contribution in [0.4, 0.5) is 11.4 Å². The number of amides is 1. The molecule has 0 saturated heterocycles. The van der Waals surface area contributed by atoms with Crippen molar-refractivity contribution in [3.63, 3.8) is 0 Å². The molecule has 0 spiro atoms. The topological polar surface area (TPSA) is 97.5 Å². The number of para-hydroxylation sites is 1. The Labute approximate surface area is 179 Å². The molecule has 2 aromatic rings. The monoisotopic (exact) mass is 372 g/mol. The van der Waals surface area contributed by atoms with Crippen molar-refractivity contribution in [1.82, 2.24) is 0 Å². The SMILES string of the molecule is CCc1ccccc1N1N=C(C)C(N=Nc2ccccc2C(=O)[O-])C1=O.[Na+]. The summed E-state index contributed by atoms with van der Waals surface area (Å²) in [7, 11) is 0. The number of carbonyl (C=O) groups is 2. The molecular formula is C19H17N4NaO3. The van der Waals surface area contributed by atoms with Crippen molar-refractivity contribution in [2.45, 2.75) is 26.3 Å². The number of carbonyl (C=O) groups excluding carboxylic acids is 2. The zero-order valence-corrected chi connectivity index (χ0v) is 17.4. The van der Waals surface area contributed by atoms with Crippen molar-refractivity contribution in [3.8, 4) is 0 Å². The van der Waals surface area contributed by atoms with Gasteiger partial charge < -0.3 is 9.90 Å². The van der Waals surface area contributed by atoms with Crippen molar-refractivity contribution < 1.29 is 44.3 Å². The molecule has 132 valence electrons. The second-order valence-corrected chi connectivity index (χ2v) is 5.80. The normalized spacial score (nSPS) is 16.4. The standard InChI is InChI=1S/C19H18N4O3.Na/c1-3-13-8-4-7-11-16(13)23-18(24)17(12(2)22-23)21-20-15-10-6-5-9-14(15)19(25)26;/h4-11,17H,3H2,1-2H3,(H,25,26);/q;+1/p-1. The summed E-state index contributed by atoms with van der Waals surface area (Å²) in [6.07, 6.45) is 0.764. The number of aromatic carboxylic acids is 1. The summed E-state index contributed by atoms with van der Waals surface area (Å²) in [5, 5.41) is 24.8. The second-order valence-electron chi connectivity index (χ2n) is 5.80. The number of hydrazone groups is 1. The minimum Gasteiger partial charge on any atom is -0.545 e. The van der Waals surface area contributed by atoms with Crippen LogP contribution >= 0.6 is 0 Å². The zero-order valence-electron chi connectivity index (χ0n) is 15.4. The molecule has 1 aliphatic rings. The van der Waals surface area contributed by atoms with Gasteiger partial charge in [-0.25, -0.2) is 0 Å². The largest absolute Gasteiger partial charge is 1.00 e. The predicted molar refractivity (Wildman–Crippen MR) is 95.5 cm³/mol. The van der Waals surface area contributed by atoms with Crippen molar-refractivity contribution in [3.05, 3.63) is 59.7 Å². The minimum absolute atomic E-state index is 0. The minimum atomic E-state index is -1.35. The van der Waals surface area contributed by atoms with Crippen LogP contribution in [-0.4, -0.2) is 23.6 Å². The van der Waals surface area contributed by atoms with Gasteiger partial charge in [-0.05, 0) is 31.0 Å². The van der Waals surface area contributed by atoms with Crippen molar-refractivity contribution in [1.29, 1.82) is 0 Å². The summed E-state index contributed by atoms with van der Waals surface area (Å²) >= 11 is 0. The molecule has 27 heavy (non-hydrogen) atoms. The van der Waals surface area contributed by atoms with Crippen LogP contribution in [0.2, 0.25) is 0 Å². The van der Waals surface area contributed by atoms with Crippen LogP contribution in [0.5, 0.6) is 0 Å². The molecule has 1 unspecified atom stereocenters. The van der Waals surface area contributed by atoms with E-state index in [0.717, 1.165) is 12.0 Å². The summed E-state index contributed by atoms with van der Waals surface area (Å²) in [5.74, 6) is -1.67. The first kappa shape index (κ1) is 21.0. The number of anilines is 1. The van der Waals surface area contributed by atoms with E-state index in [1.165, 1.54) is 17.1 Å². The van der Waals surface area contributed by atoms with Gasteiger partial charge in [0.15, 0.2) is 6.04 Å². The Balaban J connectivity index is 0.00000261. The van der Waals surface area contributed by atoms with Crippen LogP contribution in [-0.2, 0) is 11.2 Å². The van der Waals surface area contributed by atoms with Gasteiger partial charge in [0.1, 0.15) is 0 Å². The first-order chi connectivity index (χ1) is 12.5. The Morgan fingerprint density at radius 3 is 2.56 bits per heavy atom. The Kier molecular flexibility index (Phi) is 7.01. The molecule has 1 amide bonds. The number of nitrogens with zero attached hydrogens (tertiary/aromatic N) is 4. The van der Waals surface area contributed by atoms with E-state index in [-0.39, 0.29) is 46.7 Å². The van der Waals surface area contributed by atoms with Crippen LogP contribution in [0.1, 0.15) is 29.8 Å². The van der Waals surface area contributed by atoms with Gasteiger partial charge in [-0.3, -0.25) is 4.79 Å². The number of hydrogen-bond donors (Lipinski definition) is 0. The number of hydrogen-bond acceptors (Lipinski definition) is 6. The van der Waals surface area contributed by atoms with Crippen molar-refractivity contribution in [2.75, 3.05) is 5.01 Å². The Morgan fingerprint density at radius 1 is 1.19 bits per heavy atom. The fourth-order valence-electron chi connectivity index (χ4n) is 2.73. The molecule has 1 aliphatic heterocycles. The van der Waals surface area contributed by atoms with Crippen molar-refractivity contribution >= 4 is 29.0 Å². The predicted octanol–water partition coefficient (Wildman–Crippen LogP) is -0.508. The first-order valence-electron chi connectivity index (χ1n) is 8.21. The molecule has 0 aromatic heterocycles. The molecule has 0 saturated carbocycles. The number of benzene rings is 2. The molecule has 0 radical (unpaired) electrons. The van der Waals surface area contributed by atoms with E-state index in [1.807, 2.05) is 31.2 Å². The van der Waals surface area contributed by atoms with Crippen molar-refractivity contribution in [2.24, 2.45) is 15.3 Å². The number of carboxylic acids is 1. The molecule has 7 nitrogen and oxygen atoms in total. The van der Waals surface area contributed by atoms with Gasteiger partial charge in [-0.1, -0.05) is 43.3 Å². The van der Waals surface area contributed by atoms with Gasteiger partial charge >= 0.3 is 29.6 Å². The molecule has 1 heterocycles. The Bertz CT molecular complexity index is 927. The quantitative estimate of drug-likeness (QED) is 0.522. The Hall–Kier alpha value is -2.35. The van der Waals surface area contributed by atoms with E-state index in [4.69, 9.17) is 0 Å². The number of azo groups is 1. The van der Waals surface area contributed by atoms with E-state index < -0.39 is 12.0 Å². The third-order valence-electron chi connectivity index (χ3n) is 4.10. The zero-order chi connectivity index (χ0) is 18.7. The summed E-state index contributed by atoms with van der Waals surface area (Å²) in [4.78, 5) is 23.9. The fourth-order valence-corrected chi connectivity index (χ4v) is 2.73. The van der Waals surface area contributed by atoms with Gasteiger partial charge in [0.05, 0.1) is 23.1 Å². The van der Waals surface area contributed by atoms with E-state index in [1.54, 1.807) is 19.1 Å². The smallest absolute Gasteiger partial charge is 0.545 e. The molecule has 0 N–H and O–H groups in total. The number of aryl methyl sites for hydroxylation is 1. The van der Waals surface area contributed by atoms with E-state index in [9.17, 15) is 14.7 Å². The average molecular weight is 372 g/mol. The maximum absolute atomic E-state index is 12.8. The van der Waals surface area contributed by atoms with Crippen LogP contribution in [0.25, 0.3) is 0 Å². The van der Waals surface area contributed by atoms with E-state index >= 15 is 0 Å². The van der Waals surface area contributed by atoms with Crippen LogP contribution in [0.3, 0.4) is 0 Å². The summed E-state index contributed by atoms with van der Waals surface area (Å²) < 4.78 is 0. The average Bonchev–Trinajstić information content (AvgIpc) is 2.93. The van der Waals surface area contributed by atoms with Gasteiger partial charge in [0, 0.05) is 5.56 Å². The fraction of sp³-hybridized carbons (Fsp3) is 0.211. The molecular weight excluding hydrogens is 355 g/mol. The van der Waals surface area contributed by atoms with Crippen LogP contribution in [0.15, 0.2) is 63.9 Å².